The molecule has 1 saturated carbocycles. The van der Waals surface area contributed by atoms with Crippen molar-refractivity contribution in [1.29, 1.82) is 0 Å². The van der Waals surface area contributed by atoms with Gasteiger partial charge in [0, 0.05) is 48.8 Å². The van der Waals surface area contributed by atoms with Gasteiger partial charge in [-0.25, -0.2) is 9.67 Å². The lowest BCUT2D eigenvalue weighted by Crippen LogP contribution is -2.36. The Morgan fingerprint density at radius 1 is 1.03 bits per heavy atom. The van der Waals surface area contributed by atoms with Gasteiger partial charge in [0.05, 0.1) is 18.6 Å². The lowest BCUT2D eigenvalue weighted by atomic mass is 9.86. The summed E-state index contributed by atoms with van der Waals surface area (Å²) in [4.78, 5) is 12.0. The number of nitrogens with one attached hydrogen (secondary N) is 1. The Kier molecular flexibility index (Phi) is 6.76. The van der Waals surface area contributed by atoms with Crippen LogP contribution in [-0.2, 0) is 11.3 Å². The zero-order chi connectivity index (χ0) is 25.2. The molecular formula is C29H35N7O. The number of aromatic nitrogens is 4. The van der Waals surface area contributed by atoms with E-state index in [0.717, 1.165) is 86.5 Å². The predicted molar refractivity (Wildman–Crippen MR) is 148 cm³/mol. The largest absolute Gasteiger partial charge is 0.378 e. The molecule has 192 valence electrons. The number of anilines is 3. The second kappa shape index (κ2) is 10.5. The van der Waals surface area contributed by atoms with E-state index in [4.69, 9.17) is 20.6 Å². The smallest absolute Gasteiger partial charge is 0.229 e. The molecule has 1 saturated heterocycles. The SMILES string of the molecule is Cc1cccc(Nc2ncc3c(-c4ccc(N5CCOCC5)cc4)nn(C[C@H]4CC[C@H](N)CC4)c3n2)c1. The minimum absolute atomic E-state index is 0.332. The van der Waals surface area contributed by atoms with E-state index in [2.05, 4.69) is 63.2 Å². The highest BCUT2D eigenvalue weighted by atomic mass is 16.5. The van der Waals surface area contributed by atoms with Gasteiger partial charge < -0.3 is 20.7 Å². The fraction of sp³-hybridized carbons (Fsp3) is 0.414. The lowest BCUT2D eigenvalue weighted by Gasteiger charge is -2.28. The zero-order valence-electron chi connectivity index (χ0n) is 21.4. The molecule has 1 aliphatic heterocycles. The average Bonchev–Trinajstić information content (AvgIpc) is 3.28. The van der Waals surface area contributed by atoms with Gasteiger partial charge in [-0.05, 0) is 68.4 Å². The van der Waals surface area contributed by atoms with Gasteiger partial charge in [0.15, 0.2) is 5.65 Å². The number of fused-ring (bicyclic) bond motifs is 1. The molecular weight excluding hydrogens is 462 g/mol. The minimum atomic E-state index is 0.332. The Bertz CT molecular complexity index is 1350. The normalized spacial score (nSPS) is 20.3. The summed E-state index contributed by atoms with van der Waals surface area (Å²) in [6.45, 7) is 6.32. The second-order valence-electron chi connectivity index (χ2n) is 10.4. The van der Waals surface area contributed by atoms with Crippen LogP contribution in [0, 0.1) is 12.8 Å². The summed E-state index contributed by atoms with van der Waals surface area (Å²) in [5.74, 6) is 1.14. The Balaban J connectivity index is 1.33. The van der Waals surface area contributed by atoms with Crippen molar-refractivity contribution in [2.24, 2.45) is 11.7 Å². The fourth-order valence-corrected chi connectivity index (χ4v) is 5.48. The molecule has 8 nitrogen and oxygen atoms in total. The Morgan fingerprint density at radius 3 is 2.57 bits per heavy atom. The summed E-state index contributed by atoms with van der Waals surface area (Å²) < 4.78 is 7.59. The molecule has 3 N–H and O–H groups in total. The van der Waals surface area contributed by atoms with Crippen molar-refractivity contribution in [2.45, 2.75) is 45.2 Å². The maximum atomic E-state index is 6.17. The van der Waals surface area contributed by atoms with Crippen LogP contribution in [0.5, 0.6) is 0 Å². The van der Waals surface area contributed by atoms with Crippen LogP contribution in [0.3, 0.4) is 0 Å². The molecule has 2 aromatic heterocycles. The molecule has 2 aromatic carbocycles. The molecule has 6 rings (SSSR count). The Morgan fingerprint density at radius 2 is 1.81 bits per heavy atom. The van der Waals surface area contributed by atoms with Gasteiger partial charge in [-0.15, -0.1) is 0 Å². The van der Waals surface area contributed by atoms with Crippen LogP contribution in [0.2, 0.25) is 0 Å². The third-order valence-electron chi connectivity index (χ3n) is 7.60. The van der Waals surface area contributed by atoms with E-state index in [1.54, 1.807) is 0 Å². The molecule has 8 heteroatoms. The highest BCUT2D eigenvalue weighted by Gasteiger charge is 2.22. The molecule has 1 aliphatic carbocycles. The summed E-state index contributed by atoms with van der Waals surface area (Å²) in [5.41, 5.74) is 12.4. The first-order chi connectivity index (χ1) is 18.1. The van der Waals surface area contributed by atoms with Crippen LogP contribution in [0.1, 0.15) is 31.2 Å². The summed E-state index contributed by atoms with van der Waals surface area (Å²) in [6, 6.07) is 17.3. The van der Waals surface area contributed by atoms with E-state index < -0.39 is 0 Å². The maximum Gasteiger partial charge on any atom is 0.229 e. The van der Waals surface area contributed by atoms with E-state index in [1.165, 1.54) is 11.3 Å². The zero-order valence-corrected chi connectivity index (χ0v) is 21.4. The first kappa shape index (κ1) is 23.9. The van der Waals surface area contributed by atoms with Gasteiger partial charge >= 0.3 is 0 Å². The van der Waals surface area contributed by atoms with Crippen LogP contribution < -0.4 is 16.0 Å². The van der Waals surface area contributed by atoms with Gasteiger partial charge in [-0.1, -0.05) is 24.3 Å². The molecule has 2 aliphatic rings. The molecule has 0 radical (unpaired) electrons. The van der Waals surface area contributed by atoms with Crippen molar-refractivity contribution in [2.75, 3.05) is 36.5 Å². The fourth-order valence-electron chi connectivity index (χ4n) is 5.48. The predicted octanol–water partition coefficient (Wildman–Crippen LogP) is 4.90. The summed E-state index contributed by atoms with van der Waals surface area (Å²) >= 11 is 0. The van der Waals surface area contributed by atoms with E-state index in [0.29, 0.717) is 17.9 Å². The molecule has 0 atom stereocenters. The molecule has 2 fully saturated rings. The van der Waals surface area contributed by atoms with Crippen molar-refractivity contribution >= 4 is 28.4 Å². The summed E-state index contributed by atoms with van der Waals surface area (Å²) in [5, 5.41) is 9.44. The van der Waals surface area contributed by atoms with Crippen molar-refractivity contribution < 1.29 is 4.74 Å². The van der Waals surface area contributed by atoms with Crippen LogP contribution in [0.4, 0.5) is 17.3 Å². The molecule has 0 bridgehead atoms. The van der Waals surface area contributed by atoms with E-state index in [9.17, 15) is 0 Å². The van der Waals surface area contributed by atoms with Gasteiger partial charge in [-0.3, -0.25) is 0 Å². The van der Waals surface area contributed by atoms with Crippen LogP contribution in [-0.4, -0.2) is 52.1 Å². The highest BCUT2D eigenvalue weighted by molar-refractivity contribution is 5.91. The number of rotatable bonds is 6. The standard InChI is InChI=1S/C29H35N7O/c1-20-3-2-4-24(17-20)32-29-31-18-26-27(22-7-11-25(12-8-22)35-13-15-37-16-14-35)34-36(28(26)33-29)19-21-5-9-23(30)10-6-21/h2-4,7-8,11-12,17-18,21,23H,5-6,9-10,13-16,19,30H2,1H3,(H,31,32,33)/t21-,23-. The van der Waals surface area contributed by atoms with Gasteiger partial charge in [0.1, 0.15) is 5.69 Å². The highest BCUT2D eigenvalue weighted by Crippen LogP contribution is 2.32. The number of hydrogen-bond donors (Lipinski definition) is 2. The number of aryl methyl sites for hydroxylation is 1. The summed E-state index contributed by atoms with van der Waals surface area (Å²) in [7, 11) is 0. The first-order valence-corrected chi connectivity index (χ1v) is 13.4. The van der Waals surface area contributed by atoms with E-state index in [1.807, 2.05) is 18.3 Å². The second-order valence-corrected chi connectivity index (χ2v) is 10.4. The first-order valence-electron chi connectivity index (χ1n) is 13.4. The van der Waals surface area contributed by atoms with Gasteiger partial charge in [0.25, 0.3) is 0 Å². The number of nitrogens with zero attached hydrogens (tertiary/aromatic N) is 5. The molecule has 4 aromatic rings. The average molecular weight is 498 g/mol. The lowest BCUT2D eigenvalue weighted by molar-refractivity contribution is 0.122. The van der Waals surface area contributed by atoms with Crippen molar-refractivity contribution in [3.8, 4) is 11.3 Å². The van der Waals surface area contributed by atoms with Gasteiger partial charge in [-0.2, -0.15) is 10.1 Å². The quantitative estimate of drug-likeness (QED) is 0.391. The number of morpholine rings is 1. The molecule has 0 amide bonds. The van der Waals surface area contributed by atoms with Crippen molar-refractivity contribution in [1.82, 2.24) is 19.7 Å². The minimum Gasteiger partial charge on any atom is -0.378 e. The molecule has 37 heavy (non-hydrogen) atoms. The van der Waals surface area contributed by atoms with Crippen molar-refractivity contribution in [3.05, 3.63) is 60.3 Å². The van der Waals surface area contributed by atoms with Crippen LogP contribution in [0.15, 0.2) is 54.7 Å². The van der Waals surface area contributed by atoms with E-state index in [-0.39, 0.29) is 0 Å². The van der Waals surface area contributed by atoms with Crippen LogP contribution >= 0.6 is 0 Å². The van der Waals surface area contributed by atoms with E-state index >= 15 is 0 Å². The third kappa shape index (κ3) is 5.31. The van der Waals surface area contributed by atoms with Gasteiger partial charge in [0.2, 0.25) is 5.95 Å². The number of nitrogens with two attached hydrogens (primary N) is 1. The number of hydrogen-bond acceptors (Lipinski definition) is 7. The van der Waals surface area contributed by atoms with Crippen molar-refractivity contribution in [3.63, 3.8) is 0 Å². The Labute approximate surface area is 217 Å². The monoisotopic (exact) mass is 497 g/mol. The molecule has 0 unspecified atom stereocenters. The summed E-state index contributed by atoms with van der Waals surface area (Å²) in [6.07, 6.45) is 6.33. The maximum absolute atomic E-state index is 6.17. The third-order valence-corrected chi connectivity index (χ3v) is 7.60. The number of benzene rings is 2. The number of ether oxygens (including phenoxy) is 1. The Hall–Kier alpha value is -3.49. The molecule has 3 heterocycles. The van der Waals surface area contributed by atoms with Crippen LogP contribution in [0.25, 0.3) is 22.3 Å². The molecule has 0 spiro atoms. The topological polar surface area (TPSA) is 94.1 Å².